The van der Waals surface area contributed by atoms with Gasteiger partial charge >= 0.3 is 0 Å². The van der Waals surface area contributed by atoms with Crippen LogP contribution in [0.25, 0.3) is 0 Å². The van der Waals surface area contributed by atoms with E-state index in [4.69, 9.17) is 4.74 Å². The van der Waals surface area contributed by atoms with Crippen LogP contribution >= 0.6 is 0 Å². The maximum Gasteiger partial charge on any atom is 0.0631 e. The van der Waals surface area contributed by atoms with Crippen molar-refractivity contribution in [1.29, 1.82) is 0 Å². The molecule has 1 fully saturated rings. The van der Waals surface area contributed by atoms with E-state index < -0.39 is 0 Å². The fourth-order valence-corrected chi connectivity index (χ4v) is 2.00. The molecule has 0 aromatic carbocycles. The van der Waals surface area contributed by atoms with Crippen LogP contribution in [0.3, 0.4) is 0 Å². The first kappa shape index (κ1) is 12.0. The SMILES string of the molecule is CC(C)NCCCC1CCC(C)(C)O1. The molecule has 1 N–H and O–H groups in total. The van der Waals surface area contributed by atoms with Gasteiger partial charge in [-0.25, -0.2) is 0 Å². The van der Waals surface area contributed by atoms with E-state index in [1.165, 1.54) is 25.7 Å². The zero-order valence-electron chi connectivity index (χ0n) is 10.1. The average Bonchev–Trinajstić information content (AvgIpc) is 2.39. The van der Waals surface area contributed by atoms with Crippen LogP contribution in [0.1, 0.15) is 53.4 Å². The molecule has 2 nitrogen and oxygen atoms in total. The van der Waals surface area contributed by atoms with Crippen molar-refractivity contribution in [2.45, 2.75) is 71.1 Å². The molecule has 84 valence electrons. The van der Waals surface area contributed by atoms with E-state index >= 15 is 0 Å². The normalized spacial score (nSPS) is 25.9. The first-order chi connectivity index (χ1) is 6.49. The zero-order chi connectivity index (χ0) is 10.6. The van der Waals surface area contributed by atoms with Gasteiger partial charge in [0.15, 0.2) is 0 Å². The molecule has 0 aromatic rings. The van der Waals surface area contributed by atoms with Crippen molar-refractivity contribution in [2.75, 3.05) is 6.54 Å². The lowest BCUT2D eigenvalue weighted by Gasteiger charge is -2.19. The van der Waals surface area contributed by atoms with E-state index in [0.717, 1.165) is 6.54 Å². The Bertz CT molecular complexity index is 166. The van der Waals surface area contributed by atoms with E-state index in [1.54, 1.807) is 0 Å². The largest absolute Gasteiger partial charge is 0.372 e. The van der Waals surface area contributed by atoms with Gasteiger partial charge in [0.25, 0.3) is 0 Å². The van der Waals surface area contributed by atoms with Gasteiger partial charge < -0.3 is 10.1 Å². The van der Waals surface area contributed by atoms with E-state index in [9.17, 15) is 0 Å². The monoisotopic (exact) mass is 199 g/mol. The van der Waals surface area contributed by atoms with Crippen molar-refractivity contribution in [3.63, 3.8) is 0 Å². The summed E-state index contributed by atoms with van der Waals surface area (Å²) in [6.45, 7) is 9.89. The summed E-state index contributed by atoms with van der Waals surface area (Å²) in [6.07, 6.45) is 5.42. The van der Waals surface area contributed by atoms with E-state index in [0.29, 0.717) is 12.1 Å². The van der Waals surface area contributed by atoms with Gasteiger partial charge in [-0.15, -0.1) is 0 Å². The molecule has 0 bridgehead atoms. The summed E-state index contributed by atoms with van der Waals surface area (Å²) in [6, 6.07) is 0.607. The van der Waals surface area contributed by atoms with E-state index in [1.807, 2.05) is 0 Å². The lowest BCUT2D eigenvalue weighted by Crippen LogP contribution is -2.25. The zero-order valence-corrected chi connectivity index (χ0v) is 10.1. The lowest BCUT2D eigenvalue weighted by atomic mass is 10.0. The fraction of sp³-hybridized carbons (Fsp3) is 1.00. The van der Waals surface area contributed by atoms with Crippen molar-refractivity contribution >= 4 is 0 Å². The molecule has 1 saturated heterocycles. The Kier molecular flexibility index (Phi) is 4.39. The first-order valence-corrected chi connectivity index (χ1v) is 5.91. The van der Waals surface area contributed by atoms with Crippen LogP contribution < -0.4 is 5.32 Å². The summed E-state index contributed by atoms with van der Waals surface area (Å²) in [5, 5.41) is 3.43. The summed E-state index contributed by atoms with van der Waals surface area (Å²) in [4.78, 5) is 0. The second-order valence-electron chi connectivity index (χ2n) is 5.29. The summed E-state index contributed by atoms with van der Waals surface area (Å²) < 4.78 is 5.93. The molecule has 0 aromatic heterocycles. The van der Waals surface area contributed by atoms with Crippen LogP contribution in [-0.2, 0) is 4.74 Å². The van der Waals surface area contributed by atoms with Gasteiger partial charge in [0.2, 0.25) is 0 Å². The predicted octanol–water partition coefficient (Wildman–Crippen LogP) is 2.72. The smallest absolute Gasteiger partial charge is 0.0631 e. The summed E-state index contributed by atoms with van der Waals surface area (Å²) in [5.74, 6) is 0. The van der Waals surface area contributed by atoms with E-state index in [2.05, 4.69) is 33.0 Å². The summed E-state index contributed by atoms with van der Waals surface area (Å²) >= 11 is 0. The third-order valence-corrected chi connectivity index (χ3v) is 2.81. The Morgan fingerprint density at radius 3 is 2.64 bits per heavy atom. The molecule has 0 amide bonds. The maximum absolute atomic E-state index is 5.93. The highest BCUT2D eigenvalue weighted by atomic mass is 16.5. The summed E-state index contributed by atoms with van der Waals surface area (Å²) in [5.41, 5.74) is 0.135. The van der Waals surface area contributed by atoms with Crippen LogP contribution in [0, 0.1) is 0 Å². The van der Waals surface area contributed by atoms with E-state index in [-0.39, 0.29) is 5.60 Å². The second-order valence-corrected chi connectivity index (χ2v) is 5.29. The molecule has 1 heterocycles. The van der Waals surface area contributed by atoms with Gasteiger partial charge in [0, 0.05) is 6.04 Å². The maximum atomic E-state index is 5.93. The number of nitrogens with one attached hydrogen (secondary N) is 1. The predicted molar refractivity (Wildman–Crippen MR) is 60.6 cm³/mol. The minimum Gasteiger partial charge on any atom is -0.372 e. The molecule has 0 radical (unpaired) electrons. The molecule has 0 aliphatic carbocycles. The molecule has 1 rings (SSSR count). The first-order valence-electron chi connectivity index (χ1n) is 5.91. The Hall–Kier alpha value is -0.0800. The van der Waals surface area contributed by atoms with Gasteiger partial charge in [-0.05, 0) is 46.1 Å². The summed E-state index contributed by atoms with van der Waals surface area (Å²) in [7, 11) is 0. The van der Waals surface area contributed by atoms with Crippen LogP contribution in [0.15, 0.2) is 0 Å². The standard InChI is InChI=1S/C12H25NO/c1-10(2)13-9-5-6-11-7-8-12(3,4)14-11/h10-11,13H,5-9H2,1-4H3. The van der Waals surface area contributed by atoms with Crippen LogP contribution in [0.2, 0.25) is 0 Å². The Morgan fingerprint density at radius 1 is 1.43 bits per heavy atom. The molecule has 0 saturated carbocycles. The average molecular weight is 199 g/mol. The van der Waals surface area contributed by atoms with Crippen molar-refractivity contribution < 1.29 is 4.74 Å². The Morgan fingerprint density at radius 2 is 2.14 bits per heavy atom. The highest BCUT2D eigenvalue weighted by Crippen LogP contribution is 2.31. The van der Waals surface area contributed by atoms with Crippen molar-refractivity contribution in [1.82, 2.24) is 5.32 Å². The van der Waals surface area contributed by atoms with Crippen LogP contribution in [0.5, 0.6) is 0 Å². The van der Waals surface area contributed by atoms with Crippen molar-refractivity contribution in [3.05, 3.63) is 0 Å². The molecular formula is C12H25NO. The lowest BCUT2D eigenvalue weighted by molar-refractivity contribution is -0.0188. The van der Waals surface area contributed by atoms with Gasteiger partial charge in [0.05, 0.1) is 11.7 Å². The molecule has 1 aliphatic heterocycles. The molecule has 2 heteroatoms. The third-order valence-electron chi connectivity index (χ3n) is 2.81. The number of rotatable bonds is 5. The number of hydrogen-bond donors (Lipinski definition) is 1. The van der Waals surface area contributed by atoms with Crippen LogP contribution in [0.4, 0.5) is 0 Å². The molecule has 14 heavy (non-hydrogen) atoms. The highest BCUT2D eigenvalue weighted by molar-refractivity contribution is 4.80. The molecule has 1 aliphatic rings. The van der Waals surface area contributed by atoms with Gasteiger partial charge in [-0.2, -0.15) is 0 Å². The minimum atomic E-state index is 0.135. The fourth-order valence-electron chi connectivity index (χ4n) is 2.00. The van der Waals surface area contributed by atoms with Crippen LogP contribution in [-0.4, -0.2) is 24.3 Å². The molecule has 1 unspecified atom stereocenters. The highest BCUT2D eigenvalue weighted by Gasteiger charge is 2.30. The molecule has 1 atom stereocenters. The Labute approximate surface area is 88.4 Å². The molecule has 0 spiro atoms. The van der Waals surface area contributed by atoms with Crippen molar-refractivity contribution in [2.24, 2.45) is 0 Å². The van der Waals surface area contributed by atoms with Gasteiger partial charge in [-0.1, -0.05) is 13.8 Å². The Balaban J connectivity index is 2.03. The number of ether oxygens (including phenoxy) is 1. The minimum absolute atomic E-state index is 0.135. The van der Waals surface area contributed by atoms with Gasteiger partial charge in [0.1, 0.15) is 0 Å². The van der Waals surface area contributed by atoms with Crippen molar-refractivity contribution in [3.8, 4) is 0 Å². The second kappa shape index (κ2) is 5.13. The topological polar surface area (TPSA) is 21.3 Å². The van der Waals surface area contributed by atoms with Gasteiger partial charge in [-0.3, -0.25) is 0 Å². The number of hydrogen-bond acceptors (Lipinski definition) is 2. The third kappa shape index (κ3) is 4.43. The molecular weight excluding hydrogens is 174 g/mol. The quantitative estimate of drug-likeness (QED) is 0.687.